The van der Waals surface area contributed by atoms with E-state index in [1.807, 2.05) is 58.1 Å². The average molecular weight is 870 g/mol. The largest absolute Gasteiger partial charge is 0.460 e. The normalized spacial score (nSPS) is 40.6. The Morgan fingerprint density at radius 2 is 1.56 bits per heavy atom. The summed E-state index contributed by atoms with van der Waals surface area (Å²) in [7, 11) is 1.58. The van der Waals surface area contributed by atoms with E-state index in [1.165, 1.54) is 4.90 Å². The molecule has 0 aromatic rings. The van der Waals surface area contributed by atoms with E-state index >= 15 is 0 Å². The van der Waals surface area contributed by atoms with Gasteiger partial charge in [0.2, 0.25) is 5.79 Å². The molecule has 0 unspecified atom stereocenters. The van der Waals surface area contributed by atoms with Crippen LogP contribution in [0.5, 0.6) is 0 Å². The third kappa shape index (κ3) is 13.8. The highest BCUT2D eigenvalue weighted by Gasteiger charge is 2.53. The Hall–Kier alpha value is -3.33. The van der Waals surface area contributed by atoms with Crippen LogP contribution in [0.3, 0.4) is 0 Å². The fourth-order valence-corrected chi connectivity index (χ4v) is 9.54. The van der Waals surface area contributed by atoms with Crippen molar-refractivity contribution in [2.75, 3.05) is 13.7 Å². The lowest BCUT2D eigenvalue weighted by Crippen LogP contribution is -2.61. The van der Waals surface area contributed by atoms with E-state index in [1.54, 1.807) is 34.0 Å². The second-order valence-corrected chi connectivity index (χ2v) is 19.1. The van der Waals surface area contributed by atoms with E-state index in [4.69, 9.17) is 14.2 Å². The van der Waals surface area contributed by atoms with Gasteiger partial charge in [0.15, 0.2) is 0 Å². The van der Waals surface area contributed by atoms with Crippen LogP contribution in [0.4, 0.5) is 0 Å². The van der Waals surface area contributed by atoms with Crippen LogP contribution in [0, 0.1) is 35.5 Å². The summed E-state index contributed by atoms with van der Waals surface area (Å²) in [5.74, 6) is -7.69. The molecular weight excluding hydrogens is 795 g/mol. The third-order valence-corrected chi connectivity index (χ3v) is 13.9. The quantitative estimate of drug-likeness (QED) is 0.149. The van der Waals surface area contributed by atoms with Gasteiger partial charge in [0, 0.05) is 50.7 Å². The van der Waals surface area contributed by atoms with Crippen LogP contribution < -0.4 is 0 Å². The van der Waals surface area contributed by atoms with Gasteiger partial charge in [-0.3, -0.25) is 19.2 Å². The molecule has 62 heavy (non-hydrogen) atoms. The minimum atomic E-state index is -2.43. The number of cyclic esters (lactones) is 1. The number of amides is 1. The first-order valence-corrected chi connectivity index (χ1v) is 23.0. The Bertz CT molecular complexity index is 1690. The van der Waals surface area contributed by atoms with Gasteiger partial charge in [-0.1, -0.05) is 71.1 Å². The summed E-state index contributed by atoms with van der Waals surface area (Å²) in [4.78, 5) is 70.8. The number of methoxy groups -OCH3 is 1. The van der Waals surface area contributed by atoms with Crippen LogP contribution in [0.25, 0.3) is 0 Å². The Kier molecular flexibility index (Phi) is 19.5. The molecule has 3 aliphatic heterocycles. The number of hydrogen-bond donors (Lipinski definition) is 4. The Balaban J connectivity index is 1.66. The number of ketones is 3. The first kappa shape index (κ1) is 51.3. The minimum Gasteiger partial charge on any atom is -0.460 e. The number of hydrogen-bond acceptors (Lipinski definition) is 12. The number of ether oxygens (including phenoxy) is 3. The van der Waals surface area contributed by atoms with E-state index in [0.717, 1.165) is 5.57 Å². The number of carbonyl (C=O) groups excluding carboxylic acids is 5. The lowest BCUT2D eigenvalue weighted by molar-refractivity contribution is -0.265. The zero-order valence-electron chi connectivity index (χ0n) is 38.4. The van der Waals surface area contributed by atoms with Crippen molar-refractivity contribution in [3.05, 3.63) is 47.6 Å². The molecule has 13 nitrogen and oxygen atoms in total. The predicted molar refractivity (Wildman–Crippen MR) is 234 cm³/mol. The highest BCUT2D eigenvalue weighted by atomic mass is 16.6. The molecule has 0 radical (unpaired) electrons. The summed E-state index contributed by atoms with van der Waals surface area (Å²) < 4.78 is 18.1. The zero-order valence-corrected chi connectivity index (χ0v) is 38.4. The molecule has 3 fully saturated rings. The highest BCUT2D eigenvalue weighted by molar-refractivity contribution is 6.39. The lowest BCUT2D eigenvalue weighted by Gasteiger charge is -2.42. The van der Waals surface area contributed by atoms with Gasteiger partial charge in [-0.25, -0.2) is 4.79 Å². The van der Waals surface area contributed by atoms with Crippen molar-refractivity contribution in [1.29, 1.82) is 0 Å². The highest BCUT2D eigenvalue weighted by Crippen LogP contribution is 2.37. The number of fused-ring (bicyclic) bond motifs is 3. The van der Waals surface area contributed by atoms with Crippen molar-refractivity contribution in [3.63, 3.8) is 0 Å². The molecule has 4 rings (SSSR count). The number of aliphatic hydroxyl groups excluding tert-OH is 3. The molecule has 1 aliphatic carbocycles. The van der Waals surface area contributed by atoms with Crippen LogP contribution in [0.15, 0.2) is 47.6 Å². The molecule has 0 aromatic carbocycles. The minimum absolute atomic E-state index is 0.00355. The maximum absolute atomic E-state index is 14.2. The maximum Gasteiger partial charge on any atom is 0.329 e. The molecule has 14 atom stereocenters. The molecule has 0 spiro atoms. The number of esters is 1. The molecule has 2 saturated heterocycles. The summed E-state index contributed by atoms with van der Waals surface area (Å²) in [5, 5.41) is 43.5. The van der Waals surface area contributed by atoms with Crippen LogP contribution in [-0.2, 0) is 38.2 Å². The molecule has 0 aromatic heterocycles. The first-order valence-electron chi connectivity index (χ1n) is 23.0. The van der Waals surface area contributed by atoms with Gasteiger partial charge in [0.25, 0.3) is 11.7 Å². The summed E-state index contributed by atoms with van der Waals surface area (Å²) >= 11 is 0. The van der Waals surface area contributed by atoms with E-state index in [-0.39, 0.29) is 61.0 Å². The molecule has 1 saturated carbocycles. The van der Waals surface area contributed by atoms with Crippen molar-refractivity contribution in [2.24, 2.45) is 35.5 Å². The average Bonchev–Trinajstić information content (AvgIpc) is 3.23. The molecule has 1 amide bonds. The molecule has 4 aliphatic rings. The molecule has 3 heterocycles. The molecule has 4 N–H and O–H groups in total. The number of nitrogens with zero attached hydrogens (tertiary/aromatic N) is 1. The Labute approximate surface area is 369 Å². The van der Waals surface area contributed by atoms with Gasteiger partial charge in [0.05, 0.1) is 30.5 Å². The van der Waals surface area contributed by atoms with Gasteiger partial charge >= 0.3 is 5.97 Å². The SMILES string of the molecule is CO[C@H]1C[C@@H]2CC[C@@H](C)[C@@](O)(O2)C(=O)C(=O)N2CCCC[C@H]2C(=O)O[C@H]([C@H](C)C[C@@H]2CC[C@@H](O)[C@H](O)C2)CC(=O)[C@H](C)/C=C(\C)[C@@H](O)CC(=O)[C@H](C)C[C@H](C)\C=C/C=C/C=C/1C. The second-order valence-electron chi connectivity index (χ2n) is 19.1. The molecule has 348 valence electrons. The van der Waals surface area contributed by atoms with E-state index < -0.39 is 77.9 Å². The van der Waals surface area contributed by atoms with Crippen molar-refractivity contribution < 1.29 is 58.6 Å². The fraction of sp³-hybridized carbons (Fsp3) is 0.735. The number of allylic oxidation sites excluding steroid dienone is 6. The molecular formula is C49H75NO12. The number of aliphatic hydroxyl groups is 4. The van der Waals surface area contributed by atoms with Gasteiger partial charge in [-0.2, -0.15) is 0 Å². The Morgan fingerprint density at radius 1 is 0.839 bits per heavy atom. The van der Waals surface area contributed by atoms with E-state index in [2.05, 4.69) is 0 Å². The third-order valence-electron chi connectivity index (χ3n) is 13.9. The van der Waals surface area contributed by atoms with Gasteiger partial charge in [-0.05, 0) is 107 Å². The topological polar surface area (TPSA) is 197 Å². The van der Waals surface area contributed by atoms with Crippen LogP contribution in [0.1, 0.15) is 132 Å². The van der Waals surface area contributed by atoms with Gasteiger partial charge in [-0.15, -0.1) is 0 Å². The van der Waals surface area contributed by atoms with Crippen LogP contribution >= 0.6 is 0 Å². The molecule has 13 heteroatoms. The predicted octanol–water partition coefficient (Wildman–Crippen LogP) is 5.90. The van der Waals surface area contributed by atoms with Crippen molar-refractivity contribution in [2.45, 2.75) is 180 Å². The lowest BCUT2D eigenvalue weighted by atomic mass is 9.78. The first-order chi connectivity index (χ1) is 29.2. The smallest absolute Gasteiger partial charge is 0.329 e. The summed E-state index contributed by atoms with van der Waals surface area (Å²) in [5.41, 5.74) is 1.37. The monoisotopic (exact) mass is 870 g/mol. The molecule has 2 bridgehead atoms. The second kappa shape index (κ2) is 23.6. The van der Waals surface area contributed by atoms with Crippen LogP contribution in [0.2, 0.25) is 0 Å². The Morgan fingerprint density at radius 3 is 2.26 bits per heavy atom. The number of rotatable bonds is 4. The van der Waals surface area contributed by atoms with E-state index in [9.17, 15) is 44.4 Å². The number of Topliss-reactive ketones (excluding diaryl/α,β-unsaturated/α-hetero) is 3. The van der Waals surface area contributed by atoms with Crippen molar-refractivity contribution >= 4 is 29.2 Å². The summed E-state index contributed by atoms with van der Waals surface area (Å²) in [6, 6.07) is -1.14. The summed E-state index contributed by atoms with van der Waals surface area (Å²) in [6.45, 7) is 12.8. The summed E-state index contributed by atoms with van der Waals surface area (Å²) in [6.07, 6.45) is 11.4. The van der Waals surface area contributed by atoms with E-state index in [0.29, 0.717) is 69.8 Å². The van der Waals surface area contributed by atoms with Crippen molar-refractivity contribution in [3.8, 4) is 0 Å². The zero-order chi connectivity index (χ0) is 45.9. The number of piperidine rings is 1. The number of carbonyl (C=O) groups is 5. The van der Waals surface area contributed by atoms with Gasteiger partial charge < -0.3 is 39.5 Å². The standard InChI is InChI=1S/C49H75NO12/c1-29-14-10-9-11-15-30(2)44(60-8)26-37-19-17-35(7)49(59,62-37)46(56)47(57)50-21-13-12-16-38(50)48(58)61-45(34(6)24-36-18-20-39(51)43(55)25-36)28-42(54)33(5)23-32(4)41(53)27-40(52)31(3)22-29/h9-11,14-15,23,29,31,33-39,41,43-45,51,53,55,59H,12-13,16-22,24-28H2,1-8H3/b11-9+,14-10-,30-15+,32-23+/t29-,31-,33-,34-,35-,36+,37+,38+,39-,41+,43-,44+,45+,49-/m1/s1. The van der Waals surface area contributed by atoms with Gasteiger partial charge in [0.1, 0.15) is 23.7 Å². The van der Waals surface area contributed by atoms with Crippen LogP contribution in [-0.4, -0.2) is 117 Å². The van der Waals surface area contributed by atoms with Crippen molar-refractivity contribution in [1.82, 2.24) is 4.90 Å². The fourth-order valence-electron chi connectivity index (χ4n) is 9.54. The maximum atomic E-state index is 14.2.